The number of allylic oxidation sites excluding steroid dienone is 8. The van der Waals surface area contributed by atoms with Crippen molar-refractivity contribution < 1.29 is 0 Å². The summed E-state index contributed by atoms with van der Waals surface area (Å²) >= 11 is 0. The molecule has 0 bridgehead atoms. The molecule has 0 aliphatic heterocycles. The maximum absolute atomic E-state index is 4.67. The first-order chi connectivity index (χ1) is 16.6. The molecule has 174 valence electrons. The van der Waals surface area contributed by atoms with E-state index in [4.69, 9.17) is 0 Å². The minimum absolute atomic E-state index is 0.394. The predicted octanol–water partition coefficient (Wildman–Crippen LogP) is 8.65. The quantitative estimate of drug-likeness (QED) is 0.290. The van der Waals surface area contributed by atoms with Crippen molar-refractivity contribution in [1.29, 1.82) is 0 Å². The summed E-state index contributed by atoms with van der Waals surface area (Å²) in [5.41, 5.74) is 8.41. The van der Waals surface area contributed by atoms with E-state index in [2.05, 4.69) is 117 Å². The van der Waals surface area contributed by atoms with Gasteiger partial charge in [-0.15, -0.1) is 0 Å². The third-order valence-electron chi connectivity index (χ3n) is 6.05. The Hall–Kier alpha value is -3.52. The third kappa shape index (κ3) is 7.52. The molecule has 0 aliphatic rings. The van der Waals surface area contributed by atoms with Crippen LogP contribution < -0.4 is 0 Å². The number of benzene rings is 1. The molecule has 0 spiro atoms. The summed E-state index contributed by atoms with van der Waals surface area (Å²) in [5.74, 6) is 0.394. The van der Waals surface area contributed by atoms with Gasteiger partial charge < -0.3 is 0 Å². The van der Waals surface area contributed by atoms with Crippen LogP contribution in [0.2, 0.25) is 0 Å². The highest BCUT2D eigenvalue weighted by molar-refractivity contribution is 5.64. The second kappa shape index (κ2) is 13.3. The molecule has 2 heterocycles. The van der Waals surface area contributed by atoms with E-state index in [0.717, 1.165) is 36.2 Å². The lowest BCUT2D eigenvalue weighted by atomic mass is 9.93. The summed E-state index contributed by atoms with van der Waals surface area (Å²) in [6, 6.07) is 20.8. The Labute approximate surface area is 205 Å². The summed E-state index contributed by atoms with van der Waals surface area (Å²) in [5, 5.41) is 0. The molecule has 0 N–H and O–H groups in total. The Bertz CT molecular complexity index is 1130. The van der Waals surface area contributed by atoms with Crippen LogP contribution in [-0.2, 0) is 6.42 Å². The zero-order valence-electron chi connectivity index (χ0n) is 20.9. The Balaban J connectivity index is 1.69. The Morgan fingerprint density at radius 3 is 2.38 bits per heavy atom. The van der Waals surface area contributed by atoms with Crippen LogP contribution in [0, 0.1) is 5.92 Å². The van der Waals surface area contributed by atoms with Gasteiger partial charge in [-0.25, -0.2) is 0 Å². The standard InChI is InChI=1S/C32H36N2/c1-5-25(3)23-27(19-18-26(4)31(6-2)32-17-10-11-22-33-32)13-12-16-30-21-20-29(24-34-30)28-14-8-7-9-15-28/h6-15,17,19-24,26H,5,16,18H2,1-4H3/b13-12+,25-23+,27-19+,31-6+. The van der Waals surface area contributed by atoms with Gasteiger partial charge in [0.05, 0.1) is 5.69 Å². The second-order valence-electron chi connectivity index (χ2n) is 8.65. The van der Waals surface area contributed by atoms with Crippen LogP contribution in [-0.4, -0.2) is 9.97 Å². The van der Waals surface area contributed by atoms with Crippen LogP contribution >= 0.6 is 0 Å². The average Bonchev–Trinajstić information content (AvgIpc) is 2.89. The van der Waals surface area contributed by atoms with Crippen molar-refractivity contribution >= 4 is 5.57 Å². The third-order valence-corrected chi connectivity index (χ3v) is 6.05. The predicted molar refractivity (Wildman–Crippen MR) is 146 cm³/mol. The monoisotopic (exact) mass is 448 g/mol. The lowest BCUT2D eigenvalue weighted by Gasteiger charge is -2.14. The van der Waals surface area contributed by atoms with E-state index in [0.29, 0.717) is 5.92 Å². The maximum atomic E-state index is 4.67. The molecule has 2 aromatic heterocycles. The number of nitrogens with zero attached hydrogens (tertiary/aromatic N) is 2. The van der Waals surface area contributed by atoms with E-state index in [1.165, 1.54) is 22.3 Å². The molecule has 0 radical (unpaired) electrons. The van der Waals surface area contributed by atoms with Crippen molar-refractivity contribution in [3.05, 3.63) is 126 Å². The van der Waals surface area contributed by atoms with Crippen LogP contribution in [0.5, 0.6) is 0 Å². The molecule has 3 rings (SSSR count). The van der Waals surface area contributed by atoms with Crippen molar-refractivity contribution in [3.63, 3.8) is 0 Å². The molecular formula is C32H36N2. The first-order valence-corrected chi connectivity index (χ1v) is 12.2. The van der Waals surface area contributed by atoms with Crippen molar-refractivity contribution in [3.8, 4) is 11.1 Å². The van der Waals surface area contributed by atoms with E-state index in [1.807, 2.05) is 24.5 Å². The fourth-order valence-electron chi connectivity index (χ4n) is 3.88. The zero-order chi connectivity index (χ0) is 24.2. The van der Waals surface area contributed by atoms with Gasteiger partial charge in [0.25, 0.3) is 0 Å². The molecule has 0 fully saturated rings. The number of pyridine rings is 2. The molecule has 2 nitrogen and oxygen atoms in total. The van der Waals surface area contributed by atoms with Crippen LogP contribution in [0.4, 0.5) is 0 Å². The highest BCUT2D eigenvalue weighted by Crippen LogP contribution is 2.25. The van der Waals surface area contributed by atoms with E-state index >= 15 is 0 Å². The van der Waals surface area contributed by atoms with E-state index in [1.54, 1.807) is 0 Å². The summed E-state index contributed by atoms with van der Waals surface area (Å²) in [6.45, 7) is 8.77. The average molecular weight is 449 g/mol. The van der Waals surface area contributed by atoms with Gasteiger partial charge >= 0.3 is 0 Å². The van der Waals surface area contributed by atoms with Crippen LogP contribution in [0.15, 0.2) is 115 Å². The van der Waals surface area contributed by atoms with E-state index < -0.39 is 0 Å². The molecule has 0 saturated carbocycles. The molecule has 0 amide bonds. The molecule has 0 saturated heterocycles. The Kier molecular flexibility index (Phi) is 9.79. The molecule has 1 unspecified atom stereocenters. The number of aromatic nitrogens is 2. The minimum Gasteiger partial charge on any atom is -0.260 e. The fraction of sp³-hybridized carbons (Fsp3) is 0.250. The van der Waals surface area contributed by atoms with E-state index in [-0.39, 0.29) is 0 Å². The maximum Gasteiger partial charge on any atom is 0.0661 e. The smallest absolute Gasteiger partial charge is 0.0661 e. The van der Waals surface area contributed by atoms with E-state index in [9.17, 15) is 0 Å². The van der Waals surface area contributed by atoms with Crippen molar-refractivity contribution in [2.75, 3.05) is 0 Å². The highest BCUT2D eigenvalue weighted by atomic mass is 14.7. The van der Waals surface area contributed by atoms with Gasteiger partial charge in [0.15, 0.2) is 0 Å². The molecule has 2 heteroatoms. The second-order valence-corrected chi connectivity index (χ2v) is 8.65. The SMILES string of the molecule is C/C=C(/c1ccccn1)C(C)C/C=C(\C=C\Cc1ccc(-c2ccccc2)cn1)/C=C(\C)CC. The molecule has 0 aliphatic carbocycles. The fourth-order valence-corrected chi connectivity index (χ4v) is 3.88. The van der Waals surface area contributed by atoms with Gasteiger partial charge in [-0.05, 0) is 67.5 Å². The lowest BCUT2D eigenvalue weighted by molar-refractivity contribution is 0.758. The van der Waals surface area contributed by atoms with Gasteiger partial charge in [-0.1, -0.05) is 92.3 Å². The number of hydrogen-bond acceptors (Lipinski definition) is 2. The summed E-state index contributed by atoms with van der Waals surface area (Å²) in [4.78, 5) is 9.22. The van der Waals surface area contributed by atoms with Crippen molar-refractivity contribution in [1.82, 2.24) is 9.97 Å². The van der Waals surface area contributed by atoms with Gasteiger partial charge in [-0.2, -0.15) is 0 Å². The van der Waals surface area contributed by atoms with Gasteiger partial charge in [0.2, 0.25) is 0 Å². The molecule has 1 aromatic carbocycles. The van der Waals surface area contributed by atoms with Gasteiger partial charge in [-0.3, -0.25) is 9.97 Å². The first-order valence-electron chi connectivity index (χ1n) is 12.2. The molecule has 3 aromatic rings. The minimum atomic E-state index is 0.394. The topological polar surface area (TPSA) is 25.8 Å². The zero-order valence-corrected chi connectivity index (χ0v) is 20.9. The Morgan fingerprint density at radius 2 is 1.74 bits per heavy atom. The summed E-state index contributed by atoms with van der Waals surface area (Å²) in [7, 11) is 0. The summed E-state index contributed by atoms with van der Waals surface area (Å²) < 4.78 is 0. The van der Waals surface area contributed by atoms with Gasteiger partial charge in [0, 0.05) is 30.1 Å². The van der Waals surface area contributed by atoms with Crippen molar-refractivity contribution in [2.45, 2.75) is 47.0 Å². The largest absolute Gasteiger partial charge is 0.260 e. The number of rotatable bonds is 10. The van der Waals surface area contributed by atoms with Crippen LogP contribution in [0.25, 0.3) is 16.7 Å². The van der Waals surface area contributed by atoms with Crippen LogP contribution in [0.3, 0.4) is 0 Å². The van der Waals surface area contributed by atoms with Gasteiger partial charge in [0.1, 0.15) is 0 Å². The van der Waals surface area contributed by atoms with Crippen LogP contribution in [0.1, 0.15) is 51.9 Å². The first kappa shape index (κ1) is 25.1. The number of hydrogen-bond donors (Lipinski definition) is 0. The van der Waals surface area contributed by atoms with Crippen molar-refractivity contribution in [2.24, 2.45) is 5.92 Å². The highest BCUT2D eigenvalue weighted by Gasteiger charge is 2.10. The molecular weight excluding hydrogens is 412 g/mol. The molecule has 34 heavy (non-hydrogen) atoms. The normalized spacial score (nSPS) is 13.9. The molecule has 1 atom stereocenters. The Morgan fingerprint density at radius 1 is 0.941 bits per heavy atom. The lowest BCUT2D eigenvalue weighted by Crippen LogP contribution is -2.00. The summed E-state index contributed by atoms with van der Waals surface area (Å²) in [6.07, 6.45) is 17.9.